The molecule has 1 rings (SSSR count). The van der Waals surface area contributed by atoms with E-state index in [0.29, 0.717) is 0 Å². The van der Waals surface area contributed by atoms with Crippen LogP contribution in [0.15, 0.2) is 64.2 Å². The second kappa shape index (κ2) is 6.37. The molecule has 0 amide bonds. The van der Waals surface area contributed by atoms with Crippen molar-refractivity contribution >= 4 is 0 Å². The van der Waals surface area contributed by atoms with Crippen LogP contribution in [0.2, 0.25) is 0 Å². The maximum atomic E-state index is 3.33. The average Bonchev–Trinajstić information content (AvgIpc) is 2.34. The predicted molar refractivity (Wildman–Crippen MR) is 68.3 cm³/mol. The number of hydrogen-bond donors (Lipinski definition) is 0. The van der Waals surface area contributed by atoms with Gasteiger partial charge in [-0.15, -0.1) is 0 Å². The molecule has 0 bridgehead atoms. The van der Waals surface area contributed by atoms with Gasteiger partial charge in [0.05, 0.1) is 0 Å². The van der Waals surface area contributed by atoms with Crippen molar-refractivity contribution in [2.75, 3.05) is 0 Å². The molecule has 0 nitrogen and oxygen atoms in total. The smallest absolute Gasteiger partial charge is 0.000000687 e. The maximum absolute atomic E-state index is 3.33. The second-order valence-corrected chi connectivity index (χ2v) is 4.29. The average molecular weight is 218 g/mol. The van der Waals surface area contributed by atoms with Crippen molar-refractivity contribution in [3.8, 4) is 0 Å². The van der Waals surface area contributed by atoms with Gasteiger partial charge in [-0.25, -0.2) is 0 Å². The van der Waals surface area contributed by atoms with Gasteiger partial charge >= 0.3 is 0 Å². The molecule has 0 aliphatic heterocycles. The van der Waals surface area contributed by atoms with E-state index in [1.165, 1.54) is 12.8 Å². The summed E-state index contributed by atoms with van der Waals surface area (Å²) in [5, 5.41) is 0. The highest BCUT2D eigenvalue weighted by Crippen LogP contribution is 2.46. The first-order chi connectivity index (χ1) is 8.19. The fourth-order valence-electron chi connectivity index (χ4n) is 1.54. The molecule has 2 atom stereocenters. The molecule has 0 saturated heterocycles. The number of hydrogen-bond acceptors (Lipinski definition) is 0. The monoisotopic (exact) mass is 218 g/mol. The molecule has 2 unspecified atom stereocenters. The number of allylic oxidation sites excluding steroid dienone is 1. The minimum absolute atomic E-state index is 0.283. The lowest BCUT2D eigenvalue weighted by atomic mass is 9.62. The lowest BCUT2D eigenvalue weighted by Gasteiger charge is -2.42. The molecule has 1 saturated carbocycles. The summed E-state index contributed by atoms with van der Waals surface area (Å²) < 4.78 is 0. The molecular formula is C17H14. The van der Waals surface area contributed by atoms with Crippen molar-refractivity contribution in [2.45, 2.75) is 26.7 Å². The van der Waals surface area contributed by atoms with Crippen LogP contribution in [-0.2, 0) is 0 Å². The molecule has 17 heavy (non-hydrogen) atoms. The van der Waals surface area contributed by atoms with Gasteiger partial charge in [-0.2, -0.15) is 0 Å². The molecule has 0 N–H and O–H groups in total. The van der Waals surface area contributed by atoms with Crippen molar-refractivity contribution in [1.29, 1.82) is 0 Å². The molecule has 1 aliphatic rings. The summed E-state index contributed by atoms with van der Waals surface area (Å²) in [4.78, 5) is 0. The third-order valence-electron chi connectivity index (χ3n) is 3.18. The highest BCUT2D eigenvalue weighted by atomic mass is 14.4. The molecule has 0 aromatic rings. The zero-order valence-corrected chi connectivity index (χ0v) is 10.3. The molecular weight excluding hydrogens is 204 g/mol. The predicted octanol–water partition coefficient (Wildman–Crippen LogP) is 4.00. The molecule has 82 valence electrons. The van der Waals surface area contributed by atoms with E-state index >= 15 is 0 Å². The van der Waals surface area contributed by atoms with Gasteiger partial charge in [0.25, 0.3) is 0 Å². The van der Waals surface area contributed by atoms with E-state index in [2.05, 4.69) is 78.1 Å². The highest BCUT2D eigenvalue weighted by molar-refractivity contribution is 5.05. The van der Waals surface area contributed by atoms with Gasteiger partial charge in [-0.05, 0) is 76.9 Å². The summed E-state index contributed by atoms with van der Waals surface area (Å²) in [5.74, 6) is 0.731. The Labute approximate surface area is 103 Å². The summed E-state index contributed by atoms with van der Waals surface area (Å²) in [6, 6.07) is 0. The fraction of sp³-hybridized carbons (Fsp3) is 0.353. The van der Waals surface area contributed by atoms with Crippen LogP contribution in [-0.4, -0.2) is 0 Å². The Morgan fingerprint density at radius 1 is 1.06 bits per heavy atom. The van der Waals surface area contributed by atoms with Gasteiger partial charge in [0.2, 0.25) is 0 Å². The summed E-state index contributed by atoms with van der Waals surface area (Å²) in [6.07, 6.45) is 4.59. The van der Waals surface area contributed by atoms with Crippen LogP contribution >= 0.6 is 0 Å². The van der Waals surface area contributed by atoms with E-state index in [9.17, 15) is 0 Å². The lowest BCUT2D eigenvalue weighted by Crippen LogP contribution is -2.32. The summed E-state index contributed by atoms with van der Waals surface area (Å²) >= 11 is 0. The van der Waals surface area contributed by atoms with Crippen molar-refractivity contribution in [2.24, 2.45) is 11.3 Å². The fourth-order valence-corrected chi connectivity index (χ4v) is 1.54. The van der Waals surface area contributed by atoms with Crippen molar-refractivity contribution in [3.63, 3.8) is 0 Å². The Hall–Kier alpha value is -2.24. The van der Waals surface area contributed by atoms with Gasteiger partial charge in [0, 0.05) is 0 Å². The van der Waals surface area contributed by atoms with E-state index in [0.717, 1.165) is 5.92 Å². The van der Waals surface area contributed by atoms with Gasteiger partial charge in [-0.3, -0.25) is 0 Å². The van der Waals surface area contributed by atoms with Gasteiger partial charge in [0.1, 0.15) is 0 Å². The van der Waals surface area contributed by atoms with E-state index < -0.39 is 0 Å². The molecule has 0 spiro atoms. The Balaban J connectivity index is 2.96. The quantitative estimate of drug-likeness (QED) is 0.583. The Kier molecular flexibility index (Phi) is 4.80. The maximum Gasteiger partial charge on any atom is -0.000000687 e. The normalized spacial score (nSPS) is 23.5. The molecule has 0 radical (unpaired) electrons. The van der Waals surface area contributed by atoms with E-state index in [1.807, 2.05) is 0 Å². The van der Waals surface area contributed by atoms with Crippen molar-refractivity contribution in [3.05, 3.63) is 64.2 Å². The van der Waals surface area contributed by atoms with Crippen LogP contribution in [0.3, 0.4) is 0 Å². The molecule has 0 aromatic heterocycles. The van der Waals surface area contributed by atoms with Crippen LogP contribution < -0.4 is 0 Å². The lowest BCUT2D eigenvalue weighted by molar-refractivity contribution is 0.125. The third-order valence-corrected chi connectivity index (χ3v) is 3.18. The molecule has 0 aromatic carbocycles. The first kappa shape index (κ1) is 12.8. The number of rotatable bonds is 1. The van der Waals surface area contributed by atoms with Crippen molar-refractivity contribution in [1.82, 2.24) is 0 Å². The Morgan fingerprint density at radius 2 is 1.65 bits per heavy atom. The zero-order valence-electron chi connectivity index (χ0n) is 10.3. The molecule has 1 fully saturated rings. The first-order valence-corrected chi connectivity index (χ1v) is 5.56. The van der Waals surface area contributed by atoms with Crippen LogP contribution in [0.1, 0.15) is 26.7 Å². The summed E-state index contributed by atoms with van der Waals surface area (Å²) in [6.45, 7) is 7.83. The van der Waals surface area contributed by atoms with Crippen LogP contribution in [0, 0.1) is 11.3 Å². The molecule has 0 heterocycles. The summed E-state index contributed by atoms with van der Waals surface area (Å²) in [5.41, 5.74) is 23.9. The van der Waals surface area contributed by atoms with E-state index in [1.54, 1.807) is 0 Å². The minimum atomic E-state index is 0.283. The van der Waals surface area contributed by atoms with E-state index in [4.69, 9.17) is 0 Å². The Morgan fingerprint density at radius 3 is 2.12 bits per heavy atom. The Bertz CT molecular complexity index is 620. The van der Waals surface area contributed by atoms with Gasteiger partial charge < -0.3 is 0 Å². The second-order valence-electron chi connectivity index (χ2n) is 4.29. The van der Waals surface area contributed by atoms with Crippen LogP contribution in [0.5, 0.6) is 0 Å². The summed E-state index contributed by atoms with van der Waals surface area (Å²) in [7, 11) is 0. The SMILES string of the molecule is C=C=C=C=C=C=C=C=C=C=CC1(C)CCC1C. The first-order valence-electron chi connectivity index (χ1n) is 5.56. The van der Waals surface area contributed by atoms with Crippen LogP contribution in [0.25, 0.3) is 0 Å². The van der Waals surface area contributed by atoms with Gasteiger partial charge in [-0.1, -0.05) is 25.3 Å². The minimum Gasteiger partial charge on any atom is -0.0687 e. The highest BCUT2D eigenvalue weighted by Gasteiger charge is 2.36. The largest absolute Gasteiger partial charge is 0.0687 e. The van der Waals surface area contributed by atoms with Crippen molar-refractivity contribution < 1.29 is 0 Å². The van der Waals surface area contributed by atoms with E-state index in [-0.39, 0.29) is 5.41 Å². The standard InChI is InChI=1S/C17H14/c1-4-5-6-7-8-9-10-11-12-14-17(3)15-13-16(17)2/h14,16H,1,13,15H2,2-3H3. The topological polar surface area (TPSA) is 0 Å². The molecule has 0 heteroatoms. The molecule has 1 aliphatic carbocycles. The van der Waals surface area contributed by atoms with Crippen LogP contribution in [0.4, 0.5) is 0 Å². The zero-order chi connectivity index (χ0) is 12.6. The third kappa shape index (κ3) is 4.02. The van der Waals surface area contributed by atoms with Gasteiger partial charge in [0.15, 0.2) is 0 Å².